The molecule has 92 valence electrons. The number of hydrogen-bond acceptors (Lipinski definition) is 2. The van der Waals surface area contributed by atoms with E-state index in [0.29, 0.717) is 11.9 Å². The molecule has 2 saturated carbocycles. The molecule has 1 amide bonds. The molecule has 2 nitrogen and oxygen atoms in total. The smallest absolute Gasteiger partial charge is 0.223 e. The number of rotatable bonds is 6. The van der Waals surface area contributed by atoms with Gasteiger partial charge >= 0.3 is 0 Å². The number of carbonyl (C=O) groups is 1. The van der Waals surface area contributed by atoms with Crippen LogP contribution in [0.2, 0.25) is 0 Å². The van der Waals surface area contributed by atoms with Gasteiger partial charge in [0.25, 0.3) is 0 Å². The minimum atomic E-state index is 0.261. The van der Waals surface area contributed by atoms with E-state index in [2.05, 4.69) is 31.4 Å². The fraction of sp³-hybridized carbons (Fsp3) is 0.923. The van der Waals surface area contributed by atoms with Gasteiger partial charge < -0.3 is 4.90 Å². The van der Waals surface area contributed by atoms with Crippen molar-refractivity contribution in [1.29, 1.82) is 0 Å². The van der Waals surface area contributed by atoms with Crippen molar-refractivity contribution >= 4 is 18.5 Å². The molecule has 0 aliphatic heterocycles. The van der Waals surface area contributed by atoms with Gasteiger partial charge in [-0.05, 0) is 56.6 Å². The topological polar surface area (TPSA) is 20.3 Å². The number of nitrogens with zero attached hydrogens (tertiary/aromatic N) is 1. The third-order valence-electron chi connectivity index (χ3n) is 3.91. The molecule has 0 saturated heterocycles. The van der Waals surface area contributed by atoms with Crippen LogP contribution in [0.15, 0.2) is 0 Å². The van der Waals surface area contributed by atoms with Crippen molar-refractivity contribution in [2.45, 2.75) is 52.0 Å². The predicted molar refractivity (Wildman–Crippen MR) is 69.7 cm³/mol. The van der Waals surface area contributed by atoms with Crippen LogP contribution in [0, 0.1) is 11.3 Å². The first-order valence-electron chi connectivity index (χ1n) is 6.47. The van der Waals surface area contributed by atoms with E-state index in [4.69, 9.17) is 0 Å². The Morgan fingerprint density at radius 1 is 1.44 bits per heavy atom. The minimum absolute atomic E-state index is 0.261. The molecular formula is C13H23NOS. The summed E-state index contributed by atoms with van der Waals surface area (Å²) in [5, 5.41) is 0. The summed E-state index contributed by atoms with van der Waals surface area (Å²) in [6.07, 6.45) is 5.74. The maximum atomic E-state index is 12.3. The van der Waals surface area contributed by atoms with E-state index >= 15 is 0 Å². The fourth-order valence-corrected chi connectivity index (χ4v) is 2.60. The van der Waals surface area contributed by atoms with Gasteiger partial charge in [0.2, 0.25) is 5.91 Å². The Labute approximate surface area is 104 Å². The second-order valence-electron chi connectivity index (χ2n) is 5.92. The molecule has 16 heavy (non-hydrogen) atoms. The highest BCUT2D eigenvalue weighted by Gasteiger charge is 2.44. The van der Waals surface area contributed by atoms with Gasteiger partial charge in [-0.15, -0.1) is 0 Å². The molecule has 0 aromatic heterocycles. The van der Waals surface area contributed by atoms with Crippen LogP contribution in [0.5, 0.6) is 0 Å². The molecule has 0 N–H and O–H groups in total. The van der Waals surface area contributed by atoms with Gasteiger partial charge in [0.15, 0.2) is 0 Å². The molecule has 0 aromatic rings. The van der Waals surface area contributed by atoms with Crippen LogP contribution in [0.25, 0.3) is 0 Å². The standard InChI is InChI=1S/C13H23NOS/c1-10(2)14(8-11-3-4-11)12(15)7-13(9-16)5-6-13/h10-11,16H,3-9H2,1-2H3. The van der Waals surface area contributed by atoms with Crippen molar-refractivity contribution in [3.05, 3.63) is 0 Å². The quantitative estimate of drug-likeness (QED) is 0.709. The highest BCUT2D eigenvalue weighted by atomic mass is 32.1. The Balaban J connectivity index is 1.88. The lowest BCUT2D eigenvalue weighted by atomic mass is 10.0. The Kier molecular flexibility index (Phi) is 3.53. The third kappa shape index (κ3) is 2.93. The molecular weight excluding hydrogens is 218 g/mol. The van der Waals surface area contributed by atoms with E-state index in [1.54, 1.807) is 0 Å². The summed E-state index contributed by atoms with van der Waals surface area (Å²) < 4.78 is 0. The molecule has 0 unspecified atom stereocenters. The summed E-state index contributed by atoms with van der Waals surface area (Å²) in [5.74, 6) is 2.01. The molecule has 0 heterocycles. The van der Waals surface area contributed by atoms with Gasteiger partial charge in [0.05, 0.1) is 0 Å². The van der Waals surface area contributed by atoms with E-state index in [1.165, 1.54) is 25.7 Å². The number of hydrogen-bond donors (Lipinski definition) is 1. The van der Waals surface area contributed by atoms with E-state index in [0.717, 1.165) is 24.6 Å². The van der Waals surface area contributed by atoms with Crippen LogP contribution < -0.4 is 0 Å². The van der Waals surface area contributed by atoms with Crippen molar-refractivity contribution in [3.8, 4) is 0 Å². The summed E-state index contributed by atoms with van der Waals surface area (Å²) in [6.45, 7) is 5.24. The highest BCUT2D eigenvalue weighted by molar-refractivity contribution is 7.80. The largest absolute Gasteiger partial charge is 0.340 e. The number of thiol groups is 1. The molecule has 2 aliphatic rings. The van der Waals surface area contributed by atoms with Crippen molar-refractivity contribution in [3.63, 3.8) is 0 Å². The fourth-order valence-electron chi connectivity index (χ4n) is 2.17. The summed E-state index contributed by atoms with van der Waals surface area (Å²) in [5.41, 5.74) is 0.261. The minimum Gasteiger partial charge on any atom is -0.340 e. The van der Waals surface area contributed by atoms with Crippen molar-refractivity contribution < 1.29 is 4.79 Å². The second kappa shape index (κ2) is 4.59. The van der Waals surface area contributed by atoms with Crippen molar-refractivity contribution in [2.24, 2.45) is 11.3 Å². The first kappa shape index (κ1) is 12.3. The van der Waals surface area contributed by atoms with Gasteiger partial charge in [-0.25, -0.2) is 0 Å². The van der Waals surface area contributed by atoms with Gasteiger partial charge in [-0.1, -0.05) is 0 Å². The third-order valence-corrected chi connectivity index (χ3v) is 4.59. The second-order valence-corrected chi connectivity index (χ2v) is 6.23. The lowest BCUT2D eigenvalue weighted by molar-refractivity contribution is -0.134. The van der Waals surface area contributed by atoms with Crippen LogP contribution in [-0.2, 0) is 4.79 Å². The zero-order chi connectivity index (χ0) is 11.8. The first-order valence-corrected chi connectivity index (χ1v) is 7.10. The number of carbonyl (C=O) groups excluding carboxylic acids is 1. The van der Waals surface area contributed by atoms with Crippen LogP contribution in [0.4, 0.5) is 0 Å². The molecule has 0 radical (unpaired) electrons. The summed E-state index contributed by atoms with van der Waals surface area (Å²) in [6, 6.07) is 0.351. The monoisotopic (exact) mass is 241 g/mol. The average molecular weight is 241 g/mol. The van der Waals surface area contributed by atoms with Crippen LogP contribution in [-0.4, -0.2) is 29.1 Å². The maximum absolute atomic E-state index is 12.3. The van der Waals surface area contributed by atoms with Gasteiger partial charge in [0, 0.05) is 19.0 Å². The highest BCUT2D eigenvalue weighted by Crippen LogP contribution is 2.50. The lowest BCUT2D eigenvalue weighted by Gasteiger charge is -2.28. The van der Waals surface area contributed by atoms with E-state index in [1.807, 2.05) is 0 Å². The van der Waals surface area contributed by atoms with Crippen LogP contribution >= 0.6 is 12.6 Å². The van der Waals surface area contributed by atoms with E-state index in [-0.39, 0.29) is 5.41 Å². The molecule has 0 spiro atoms. The summed E-state index contributed by atoms with van der Waals surface area (Å²) >= 11 is 4.37. The van der Waals surface area contributed by atoms with Crippen LogP contribution in [0.1, 0.15) is 46.0 Å². The van der Waals surface area contributed by atoms with Gasteiger partial charge in [-0.2, -0.15) is 12.6 Å². The Morgan fingerprint density at radius 3 is 2.44 bits per heavy atom. The molecule has 0 aromatic carbocycles. The van der Waals surface area contributed by atoms with Gasteiger partial charge in [-0.3, -0.25) is 4.79 Å². The molecule has 2 fully saturated rings. The Bertz CT molecular complexity index is 269. The summed E-state index contributed by atoms with van der Waals surface area (Å²) in [4.78, 5) is 14.3. The first-order chi connectivity index (χ1) is 7.56. The van der Waals surface area contributed by atoms with Crippen molar-refractivity contribution in [2.75, 3.05) is 12.3 Å². The zero-order valence-corrected chi connectivity index (χ0v) is 11.3. The molecule has 3 heteroatoms. The molecule has 2 rings (SSSR count). The molecule has 0 bridgehead atoms. The summed E-state index contributed by atoms with van der Waals surface area (Å²) in [7, 11) is 0. The maximum Gasteiger partial charge on any atom is 0.223 e. The predicted octanol–water partition coefficient (Wildman–Crippen LogP) is 2.73. The van der Waals surface area contributed by atoms with E-state index in [9.17, 15) is 4.79 Å². The Morgan fingerprint density at radius 2 is 2.06 bits per heavy atom. The lowest BCUT2D eigenvalue weighted by Crippen LogP contribution is -2.39. The Hall–Kier alpha value is -0.180. The van der Waals surface area contributed by atoms with Crippen LogP contribution in [0.3, 0.4) is 0 Å². The molecule has 2 aliphatic carbocycles. The number of amides is 1. The van der Waals surface area contributed by atoms with Gasteiger partial charge in [0.1, 0.15) is 0 Å². The van der Waals surface area contributed by atoms with Crippen molar-refractivity contribution in [1.82, 2.24) is 4.90 Å². The van der Waals surface area contributed by atoms with E-state index < -0.39 is 0 Å². The SMILES string of the molecule is CC(C)N(CC1CC1)C(=O)CC1(CS)CC1. The average Bonchev–Trinajstić information content (AvgIpc) is 3.10. The normalized spacial score (nSPS) is 22.2. The zero-order valence-electron chi connectivity index (χ0n) is 10.4. The molecule has 0 atom stereocenters.